The van der Waals surface area contributed by atoms with Crippen LogP contribution >= 0.6 is 0 Å². The first-order valence-electron chi connectivity index (χ1n) is 14.1. The number of nitrogens with one attached hydrogen (secondary N) is 1. The molecular formula is C33H38N8. The van der Waals surface area contributed by atoms with Gasteiger partial charge in [-0.25, -0.2) is 4.98 Å². The van der Waals surface area contributed by atoms with E-state index in [1.807, 2.05) is 52.0 Å². The number of aromatic nitrogens is 6. The van der Waals surface area contributed by atoms with Crippen LogP contribution in [-0.4, -0.2) is 39.7 Å². The summed E-state index contributed by atoms with van der Waals surface area (Å²) >= 11 is 0. The van der Waals surface area contributed by atoms with E-state index in [2.05, 4.69) is 63.3 Å². The van der Waals surface area contributed by atoms with Crippen molar-refractivity contribution < 1.29 is 0 Å². The molecule has 0 unspecified atom stereocenters. The molecule has 0 bridgehead atoms. The Bertz CT molecular complexity index is 1370. The van der Waals surface area contributed by atoms with E-state index >= 15 is 0 Å². The summed E-state index contributed by atoms with van der Waals surface area (Å²) in [6, 6.07) is 24.7. The molecule has 0 fully saturated rings. The molecule has 5 rings (SSSR count). The van der Waals surface area contributed by atoms with Crippen LogP contribution in [0.3, 0.4) is 0 Å². The minimum absolute atomic E-state index is 0.670. The summed E-state index contributed by atoms with van der Waals surface area (Å²) in [5.74, 6) is 0. The van der Waals surface area contributed by atoms with E-state index in [1.165, 1.54) is 0 Å². The highest BCUT2D eigenvalue weighted by Crippen LogP contribution is 2.18. The van der Waals surface area contributed by atoms with E-state index in [4.69, 9.17) is 24.9 Å². The van der Waals surface area contributed by atoms with Crippen molar-refractivity contribution >= 4 is 0 Å². The molecule has 0 spiro atoms. The third-order valence-electron chi connectivity index (χ3n) is 6.89. The summed E-state index contributed by atoms with van der Waals surface area (Å²) in [6.45, 7) is 12.3. The fraction of sp³-hybridized carbons (Fsp3) is 0.303. The molecule has 0 saturated carbocycles. The summed E-state index contributed by atoms with van der Waals surface area (Å²) in [7, 11) is 0. The Labute approximate surface area is 242 Å². The smallest absolute Gasteiger partial charge is 0.0926 e. The Morgan fingerprint density at radius 1 is 0.488 bits per heavy atom. The minimum atomic E-state index is 0.670. The second-order valence-electron chi connectivity index (χ2n) is 10.7. The van der Waals surface area contributed by atoms with Crippen molar-refractivity contribution in [2.24, 2.45) is 0 Å². The zero-order valence-electron chi connectivity index (χ0n) is 24.4. The molecule has 1 N–H and O–H groups in total. The highest BCUT2D eigenvalue weighted by Gasteiger charge is 2.18. The average molecular weight is 547 g/mol. The third kappa shape index (κ3) is 8.36. The molecule has 5 heterocycles. The van der Waals surface area contributed by atoms with E-state index in [-0.39, 0.29) is 0 Å². The quantitative estimate of drug-likeness (QED) is 0.217. The van der Waals surface area contributed by atoms with Gasteiger partial charge in [-0.2, -0.15) is 0 Å². The van der Waals surface area contributed by atoms with Crippen LogP contribution < -0.4 is 0 Å². The van der Waals surface area contributed by atoms with Gasteiger partial charge in [-0.05, 0) is 76.2 Å². The summed E-state index contributed by atoms with van der Waals surface area (Å²) in [4.78, 5) is 32.0. The predicted molar refractivity (Wildman–Crippen MR) is 160 cm³/mol. The Balaban J connectivity index is 1.38. The molecule has 0 atom stereocenters. The van der Waals surface area contributed by atoms with Gasteiger partial charge in [-0.15, -0.1) is 0 Å². The molecule has 5 aromatic heterocycles. The van der Waals surface area contributed by atoms with Gasteiger partial charge in [-0.3, -0.25) is 29.7 Å². The molecular weight excluding hydrogens is 508 g/mol. The Morgan fingerprint density at radius 3 is 1.22 bits per heavy atom. The minimum Gasteiger partial charge on any atom is -0.347 e. The second-order valence-corrected chi connectivity index (χ2v) is 10.7. The van der Waals surface area contributed by atoms with Crippen molar-refractivity contribution in [3.8, 4) is 0 Å². The van der Waals surface area contributed by atoms with Crippen molar-refractivity contribution in [2.45, 2.75) is 67.0 Å². The van der Waals surface area contributed by atoms with Crippen LogP contribution in [-0.2, 0) is 39.3 Å². The zero-order chi connectivity index (χ0) is 28.6. The van der Waals surface area contributed by atoms with Crippen LogP contribution in [0.4, 0.5) is 0 Å². The molecule has 8 heteroatoms. The molecule has 0 aromatic carbocycles. The SMILES string of the molecule is Cc1cccc(CN(Cc2cccc(C)n2)Cc2nc[nH]c2CN(Cc2cccc(C)n2)Cc2cccc(C)n2)n1. The van der Waals surface area contributed by atoms with Crippen molar-refractivity contribution in [3.63, 3.8) is 0 Å². The number of hydrogen-bond donors (Lipinski definition) is 1. The maximum atomic E-state index is 4.77. The van der Waals surface area contributed by atoms with E-state index in [9.17, 15) is 0 Å². The first-order valence-corrected chi connectivity index (χ1v) is 14.1. The van der Waals surface area contributed by atoms with E-state index < -0.39 is 0 Å². The summed E-state index contributed by atoms with van der Waals surface area (Å²) in [5.41, 5.74) is 10.3. The van der Waals surface area contributed by atoms with Gasteiger partial charge < -0.3 is 4.98 Å². The topological polar surface area (TPSA) is 86.7 Å². The fourth-order valence-corrected chi connectivity index (χ4v) is 5.06. The van der Waals surface area contributed by atoms with E-state index in [0.29, 0.717) is 39.3 Å². The normalized spacial score (nSPS) is 11.5. The standard InChI is InChI=1S/C33H38N8/c1-24-9-5-13-28(36-24)17-40(18-29-14-6-10-25(2)37-29)21-32-33(35-23-34-32)22-41(19-30-15-7-11-26(3)38-30)20-31-16-8-12-27(4)39-31/h5-16,23H,17-22H2,1-4H3,(H,34,35). The van der Waals surface area contributed by atoms with Gasteiger partial charge >= 0.3 is 0 Å². The Morgan fingerprint density at radius 2 is 0.854 bits per heavy atom. The van der Waals surface area contributed by atoms with Gasteiger partial charge in [-0.1, -0.05) is 24.3 Å². The highest BCUT2D eigenvalue weighted by atomic mass is 15.2. The lowest BCUT2D eigenvalue weighted by Gasteiger charge is -2.24. The van der Waals surface area contributed by atoms with Gasteiger partial charge in [0.05, 0.1) is 40.5 Å². The van der Waals surface area contributed by atoms with Gasteiger partial charge in [0, 0.05) is 62.0 Å². The lowest BCUT2D eigenvalue weighted by atomic mass is 10.2. The number of nitrogens with zero attached hydrogens (tertiary/aromatic N) is 7. The molecule has 8 nitrogen and oxygen atoms in total. The van der Waals surface area contributed by atoms with Gasteiger partial charge in [0.1, 0.15) is 0 Å². The molecule has 0 aliphatic carbocycles. The predicted octanol–water partition coefficient (Wildman–Crippen LogP) is 5.63. The molecule has 41 heavy (non-hydrogen) atoms. The molecule has 0 aliphatic rings. The average Bonchev–Trinajstić information content (AvgIpc) is 3.35. The number of hydrogen-bond acceptors (Lipinski definition) is 7. The largest absolute Gasteiger partial charge is 0.347 e. The van der Waals surface area contributed by atoms with E-state index in [1.54, 1.807) is 6.33 Å². The number of rotatable bonds is 12. The molecule has 0 aliphatic heterocycles. The summed E-state index contributed by atoms with van der Waals surface area (Å²) in [6.07, 6.45) is 1.80. The lowest BCUT2D eigenvalue weighted by Crippen LogP contribution is -2.27. The van der Waals surface area contributed by atoms with Crippen LogP contribution in [0.5, 0.6) is 0 Å². The first-order chi connectivity index (χ1) is 19.9. The number of pyridine rings is 4. The van der Waals surface area contributed by atoms with Crippen molar-refractivity contribution in [1.82, 2.24) is 39.7 Å². The zero-order valence-corrected chi connectivity index (χ0v) is 24.4. The maximum absolute atomic E-state index is 4.77. The molecule has 0 radical (unpaired) electrons. The van der Waals surface area contributed by atoms with Crippen LogP contribution in [0.2, 0.25) is 0 Å². The Hall–Kier alpha value is -4.27. The van der Waals surface area contributed by atoms with Gasteiger partial charge in [0.15, 0.2) is 0 Å². The third-order valence-corrected chi connectivity index (χ3v) is 6.89. The van der Waals surface area contributed by atoms with Crippen LogP contribution in [0.25, 0.3) is 0 Å². The van der Waals surface area contributed by atoms with Crippen molar-refractivity contribution in [2.75, 3.05) is 0 Å². The number of aromatic amines is 1. The highest BCUT2D eigenvalue weighted by molar-refractivity contribution is 5.17. The number of aryl methyl sites for hydroxylation is 4. The molecule has 5 aromatic rings. The van der Waals surface area contributed by atoms with Crippen LogP contribution in [0.1, 0.15) is 56.9 Å². The molecule has 0 amide bonds. The summed E-state index contributed by atoms with van der Waals surface area (Å²) < 4.78 is 0. The maximum Gasteiger partial charge on any atom is 0.0926 e. The summed E-state index contributed by atoms with van der Waals surface area (Å²) in [5, 5.41) is 0. The van der Waals surface area contributed by atoms with Crippen LogP contribution in [0.15, 0.2) is 79.1 Å². The van der Waals surface area contributed by atoms with Crippen molar-refractivity contribution in [1.29, 1.82) is 0 Å². The van der Waals surface area contributed by atoms with Gasteiger partial charge in [0.2, 0.25) is 0 Å². The second kappa shape index (κ2) is 13.4. The first kappa shape index (κ1) is 28.3. The number of H-pyrrole nitrogens is 1. The molecule has 210 valence electrons. The molecule has 0 saturated heterocycles. The monoisotopic (exact) mass is 546 g/mol. The van der Waals surface area contributed by atoms with E-state index in [0.717, 1.165) is 56.9 Å². The van der Waals surface area contributed by atoms with Crippen molar-refractivity contribution in [3.05, 3.63) is 136 Å². The lowest BCUT2D eigenvalue weighted by molar-refractivity contribution is 0.224. The fourth-order valence-electron chi connectivity index (χ4n) is 5.06. The Kier molecular flexibility index (Phi) is 9.23. The number of imidazole rings is 1. The van der Waals surface area contributed by atoms with Crippen LogP contribution in [0, 0.1) is 27.7 Å². The van der Waals surface area contributed by atoms with Gasteiger partial charge in [0.25, 0.3) is 0 Å².